The van der Waals surface area contributed by atoms with Gasteiger partial charge in [0, 0.05) is 18.2 Å². The van der Waals surface area contributed by atoms with Crippen LogP contribution >= 0.6 is 0 Å². The molecule has 1 aliphatic rings. The van der Waals surface area contributed by atoms with Crippen LogP contribution in [0.3, 0.4) is 0 Å². The molecule has 0 aromatic carbocycles. The van der Waals surface area contributed by atoms with Crippen molar-refractivity contribution in [3.63, 3.8) is 0 Å². The topological polar surface area (TPSA) is 137 Å². The van der Waals surface area contributed by atoms with Gasteiger partial charge in [0.2, 0.25) is 0 Å². The first kappa shape index (κ1) is 19.3. The van der Waals surface area contributed by atoms with Crippen LogP contribution in [0.15, 0.2) is 15.8 Å². The van der Waals surface area contributed by atoms with E-state index in [9.17, 15) is 19.5 Å². The number of rotatable bonds is 4. The Morgan fingerprint density at radius 3 is 2.72 bits per heavy atom. The summed E-state index contributed by atoms with van der Waals surface area (Å²) in [5, 5.41) is 10.6. The summed E-state index contributed by atoms with van der Waals surface area (Å²) in [5.74, 6) is -0.736. The number of carbonyl (C=O) groups is 1. The normalized spacial score (nSPS) is 33.2. The third kappa shape index (κ3) is 3.12. The lowest BCUT2D eigenvalue weighted by atomic mass is 9.82. The third-order valence-electron chi connectivity index (χ3n) is 4.74. The van der Waals surface area contributed by atoms with Gasteiger partial charge in [0.15, 0.2) is 11.9 Å². The predicted molar refractivity (Wildman–Crippen MR) is 84.7 cm³/mol. The van der Waals surface area contributed by atoms with Gasteiger partial charge in [-0.15, -0.1) is 0 Å². The Morgan fingerprint density at radius 1 is 1.56 bits per heavy atom. The van der Waals surface area contributed by atoms with E-state index in [0.717, 1.165) is 24.8 Å². The van der Waals surface area contributed by atoms with Crippen LogP contribution in [0.4, 0.5) is 4.39 Å². The summed E-state index contributed by atoms with van der Waals surface area (Å²) in [6.45, 7) is 3.72. The van der Waals surface area contributed by atoms with Gasteiger partial charge in [0.1, 0.15) is 11.6 Å². The first-order valence-corrected chi connectivity index (χ1v) is 7.65. The summed E-state index contributed by atoms with van der Waals surface area (Å²) in [5.41, 5.74) is -0.0818. The average molecular weight is 359 g/mol. The number of ether oxygens (including phenoxy) is 2. The van der Waals surface area contributed by atoms with Crippen LogP contribution in [0.5, 0.6) is 0 Å². The van der Waals surface area contributed by atoms with Gasteiger partial charge in [-0.25, -0.2) is 9.18 Å². The van der Waals surface area contributed by atoms with E-state index in [4.69, 9.17) is 10.5 Å². The highest BCUT2D eigenvalue weighted by Gasteiger charge is 2.63. The van der Waals surface area contributed by atoms with Gasteiger partial charge in [0.25, 0.3) is 5.56 Å². The molecule has 25 heavy (non-hydrogen) atoms. The second-order valence-corrected chi connectivity index (χ2v) is 6.54. The highest BCUT2D eigenvalue weighted by molar-refractivity contribution is 5.75. The lowest BCUT2D eigenvalue weighted by Gasteiger charge is -2.33. The molecule has 2 rings (SSSR count). The minimum Gasteiger partial charge on any atom is -0.468 e. The first-order valence-electron chi connectivity index (χ1n) is 7.65. The smallest absolute Gasteiger partial charge is 0.330 e. The zero-order chi connectivity index (χ0) is 19.2. The number of aromatic amines is 1. The second kappa shape index (κ2) is 6.36. The fraction of sp³-hybridized carbons (Fsp3) is 0.667. The van der Waals surface area contributed by atoms with Crippen molar-refractivity contribution in [2.75, 3.05) is 7.11 Å². The fourth-order valence-electron chi connectivity index (χ4n) is 2.83. The molecule has 10 heteroatoms. The van der Waals surface area contributed by atoms with Gasteiger partial charge in [-0.1, -0.05) is 0 Å². The quantitative estimate of drug-likeness (QED) is 0.593. The van der Waals surface area contributed by atoms with E-state index in [0.29, 0.717) is 0 Å². The Morgan fingerprint density at radius 2 is 2.16 bits per heavy atom. The summed E-state index contributed by atoms with van der Waals surface area (Å²) in [6, 6.07) is -1.13. The summed E-state index contributed by atoms with van der Waals surface area (Å²) in [6.07, 6.45) is -1.75. The van der Waals surface area contributed by atoms with Crippen molar-refractivity contribution in [1.29, 1.82) is 0 Å². The van der Waals surface area contributed by atoms with E-state index in [1.807, 2.05) is 0 Å². The van der Waals surface area contributed by atoms with E-state index < -0.39 is 46.9 Å². The van der Waals surface area contributed by atoms with Gasteiger partial charge >= 0.3 is 11.7 Å². The zero-order valence-electron chi connectivity index (χ0n) is 14.4. The van der Waals surface area contributed by atoms with Crippen LogP contribution in [-0.4, -0.2) is 51.2 Å². The van der Waals surface area contributed by atoms with Crippen LogP contribution in [0.2, 0.25) is 0 Å². The SMILES string of the molecule is COC(=O)C(N)C[C@H]1O[C@H](n2cc(C)c(=O)[nH]c2=O)[C@](C)(F)[C@]1(C)O. The number of H-pyrrole nitrogens is 1. The number of carbonyl (C=O) groups excluding carboxylic acids is 1. The number of aryl methyl sites for hydroxylation is 1. The summed E-state index contributed by atoms with van der Waals surface area (Å²) >= 11 is 0. The van der Waals surface area contributed by atoms with E-state index in [2.05, 4.69) is 9.72 Å². The number of methoxy groups -OCH3 is 1. The lowest BCUT2D eigenvalue weighted by molar-refractivity contribution is -0.144. The molecule has 1 fully saturated rings. The molecular formula is C15H22FN3O6. The zero-order valence-corrected chi connectivity index (χ0v) is 14.4. The summed E-state index contributed by atoms with van der Waals surface area (Å²) in [4.78, 5) is 37.1. The van der Waals surface area contributed by atoms with Crippen molar-refractivity contribution in [3.05, 3.63) is 32.6 Å². The monoisotopic (exact) mass is 359 g/mol. The molecule has 0 amide bonds. The number of nitrogens with one attached hydrogen (secondary N) is 1. The summed E-state index contributed by atoms with van der Waals surface area (Å²) < 4.78 is 26.3. The highest BCUT2D eigenvalue weighted by Crippen LogP contribution is 2.48. The highest BCUT2D eigenvalue weighted by atomic mass is 19.1. The van der Waals surface area contributed by atoms with E-state index in [1.165, 1.54) is 13.8 Å². The molecule has 1 unspecified atom stereocenters. The van der Waals surface area contributed by atoms with E-state index in [1.54, 1.807) is 0 Å². The Balaban J connectivity index is 2.42. The number of hydrogen-bond donors (Lipinski definition) is 3. The number of hydrogen-bond acceptors (Lipinski definition) is 7. The van der Waals surface area contributed by atoms with E-state index in [-0.39, 0.29) is 12.0 Å². The van der Waals surface area contributed by atoms with Crippen molar-refractivity contribution in [1.82, 2.24) is 9.55 Å². The number of aromatic nitrogens is 2. The molecule has 0 aliphatic carbocycles. The van der Waals surface area contributed by atoms with Crippen molar-refractivity contribution in [3.8, 4) is 0 Å². The molecule has 0 spiro atoms. The van der Waals surface area contributed by atoms with Crippen LogP contribution < -0.4 is 17.0 Å². The maximum absolute atomic E-state index is 15.4. The molecule has 1 aliphatic heterocycles. The molecule has 1 aromatic rings. The number of halogens is 1. The second-order valence-electron chi connectivity index (χ2n) is 6.54. The number of alkyl halides is 1. The van der Waals surface area contributed by atoms with Crippen LogP contribution in [-0.2, 0) is 14.3 Å². The molecule has 4 N–H and O–H groups in total. The Hall–Kier alpha value is -2.04. The first-order chi connectivity index (χ1) is 11.4. The van der Waals surface area contributed by atoms with Crippen LogP contribution in [0, 0.1) is 6.92 Å². The van der Waals surface area contributed by atoms with Crippen LogP contribution in [0.25, 0.3) is 0 Å². The van der Waals surface area contributed by atoms with Gasteiger partial charge in [-0.3, -0.25) is 19.1 Å². The Bertz CT molecular complexity index is 784. The Labute approximate surface area is 142 Å². The summed E-state index contributed by atoms with van der Waals surface area (Å²) in [7, 11) is 1.15. The molecular weight excluding hydrogens is 337 g/mol. The molecule has 0 bridgehead atoms. The van der Waals surface area contributed by atoms with Crippen molar-refractivity contribution in [2.24, 2.45) is 5.73 Å². The number of nitrogens with two attached hydrogens (primary N) is 1. The fourth-order valence-corrected chi connectivity index (χ4v) is 2.83. The Kier molecular flexibility index (Phi) is 4.90. The third-order valence-corrected chi connectivity index (χ3v) is 4.74. The molecule has 2 heterocycles. The molecule has 1 aromatic heterocycles. The van der Waals surface area contributed by atoms with Crippen molar-refractivity contribution < 1.29 is 23.8 Å². The average Bonchev–Trinajstić information content (AvgIpc) is 2.69. The van der Waals surface area contributed by atoms with Gasteiger partial charge < -0.3 is 20.3 Å². The standard InChI is InChI=1S/C15H22FN3O6/c1-7-6-19(13(22)18-10(7)20)12-14(2,16)15(3,23)9(25-12)5-8(17)11(21)24-4/h6,8-9,12,23H,5,17H2,1-4H3,(H,18,20,22)/t8?,9-,12+,14+,15-/m1/s1. The molecule has 0 saturated carbocycles. The van der Waals surface area contributed by atoms with E-state index >= 15 is 4.39 Å². The lowest BCUT2D eigenvalue weighted by Crippen LogP contribution is -2.53. The number of esters is 1. The number of aliphatic hydroxyl groups is 1. The number of nitrogens with zero attached hydrogens (tertiary/aromatic N) is 1. The van der Waals surface area contributed by atoms with Gasteiger partial charge in [-0.05, 0) is 20.8 Å². The largest absolute Gasteiger partial charge is 0.468 e. The predicted octanol–water partition coefficient (Wildman–Crippen LogP) is -0.888. The van der Waals surface area contributed by atoms with Crippen LogP contribution in [0.1, 0.15) is 32.1 Å². The van der Waals surface area contributed by atoms with Crippen molar-refractivity contribution >= 4 is 5.97 Å². The molecule has 0 radical (unpaired) electrons. The minimum atomic E-state index is -2.40. The molecule has 9 nitrogen and oxygen atoms in total. The maximum atomic E-state index is 15.4. The maximum Gasteiger partial charge on any atom is 0.330 e. The molecule has 1 saturated heterocycles. The minimum absolute atomic E-state index is 0.174. The van der Waals surface area contributed by atoms with Crippen molar-refractivity contribution in [2.45, 2.75) is 56.8 Å². The van der Waals surface area contributed by atoms with Gasteiger partial charge in [-0.2, -0.15) is 0 Å². The van der Waals surface area contributed by atoms with Gasteiger partial charge in [0.05, 0.1) is 13.2 Å². The molecule has 140 valence electrons. The molecule has 5 atom stereocenters.